The van der Waals surface area contributed by atoms with Crippen LogP contribution in [0.5, 0.6) is 0 Å². The molecule has 0 N–H and O–H groups in total. The van der Waals surface area contributed by atoms with Crippen molar-refractivity contribution in [1.29, 1.82) is 0 Å². The van der Waals surface area contributed by atoms with Crippen molar-refractivity contribution >= 4 is 12.4 Å². The van der Waals surface area contributed by atoms with Gasteiger partial charge in [0.25, 0.3) is 6.43 Å². The summed E-state index contributed by atoms with van der Waals surface area (Å²) in [5.74, 6) is 0.583. The quantitative estimate of drug-likeness (QED) is 0.682. The smallest absolute Gasteiger partial charge is 0.251 e. The third-order valence-corrected chi connectivity index (χ3v) is 2.62. The number of hydrogen-bond acceptors (Lipinski definition) is 1. The molecule has 13 heavy (non-hydrogen) atoms. The molecule has 1 rings (SSSR count). The van der Waals surface area contributed by atoms with E-state index in [0.29, 0.717) is 12.0 Å². The minimum absolute atomic E-state index is 0. The van der Waals surface area contributed by atoms with Crippen LogP contribution in [0.4, 0.5) is 8.78 Å². The number of hydrogen-bond donors (Lipinski definition) is 0. The van der Waals surface area contributed by atoms with E-state index in [2.05, 4.69) is 6.92 Å². The highest BCUT2D eigenvalue weighted by Gasteiger charge is 2.24. The third-order valence-electron chi connectivity index (χ3n) is 2.62. The fourth-order valence-corrected chi connectivity index (χ4v) is 1.81. The van der Waals surface area contributed by atoms with E-state index in [-0.39, 0.29) is 19.0 Å². The van der Waals surface area contributed by atoms with Gasteiger partial charge in [-0.15, -0.1) is 12.4 Å². The van der Waals surface area contributed by atoms with E-state index >= 15 is 0 Å². The summed E-state index contributed by atoms with van der Waals surface area (Å²) in [7, 11) is 0. The average Bonchev–Trinajstić information content (AvgIpc) is 1.96. The number of piperidine rings is 1. The molecule has 1 saturated heterocycles. The maximum absolute atomic E-state index is 12.1. The topological polar surface area (TPSA) is 3.24 Å². The summed E-state index contributed by atoms with van der Waals surface area (Å²) in [5, 5.41) is 0. The van der Waals surface area contributed by atoms with Gasteiger partial charge >= 0.3 is 0 Å². The Morgan fingerprint density at radius 3 is 2.46 bits per heavy atom. The van der Waals surface area contributed by atoms with Crippen LogP contribution in [0.3, 0.4) is 0 Å². The Morgan fingerprint density at radius 1 is 1.31 bits per heavy atom. The van der Waals surface area contributed by atoms with Crippen LogP contribution in [0.25, 0.3) is 0 Å². The van der Waals surface area contributed by atoms with Gasteiger partial charge in [-0.3, -0.25) is 4.90 Å². The minimum atomic E-state index is -2.18. The molecule has 1 aliphatic rings. The Hall–Kier alpha value is 0.110. The van der Waals surface area contributed by atoms with E-state index in [1.165, 1.54) is 6.42 Å². The first-order valence-electron chi connectivity index (χ1n) is 4.61. The molecule has 0 radical (unpaired) electrons. The highest BCUT2D eigenvalue weighted by atomic mass is 35.5. The average molecular weight is 214 g/mol. The van der Waals surface area contributed by atoms with Crippen LogP contribution in [0.2, 0.25) is 0 Å². The van der Waals surface area contributed by atoms with Gasteiger partial charge in [-0.1, -0.05) is 6.92 Å². The SMILES string of the molecule is CC1CCC(C)N(CC(F)F)C1.Cl. The van der Waals surface area contributed by atoms with Gasteiger partial charge in [-0.05, 0) is 25.7 Å². The molecule has 1 nitrogen and oxygen atoms in total. The normalized spacial score (nSPS) is 30.2. The second-order valence-electron chi connectivity index (χ2n) is 3.88. The summed E-state index contributed by atoms with van der Waals surface area (Å²) in [6.45, 7) is 4.95. The van der Waals surface area contributed by atoms with E-state index in [4.69, 9.17) is 0 Å². The largest absolute Gasteiger partial charge is 0.295 e. The Kier molecular flexibility index (Phi) is 5.81. The summed E-state index contributed by atoms with van der Waals surface area (Å²) >= 11 is 0. The number of rotatable bonds is 2. The molecule has 0 aromatic carbocycles. The Balaban J connectivity index is 0.00000144. The van der Waals surface area contributed by atoms with Crippen molar-refractivity contribution in [1.82, 2.24) is 4.90 Å². The second-order valence-corrected chi connectivity index (χ2v) is 3.88. The zero-order valence-corrected chi connectivity index (χ0v) is 8.99. The molecule has 2 unspecified atom stereocenters. The van der Waals surface area contributed by atoms with Crippen LogP contribution in [-0.4, -0.2) is 30.5 Å². The van der Waals surface area contributed by atoms with E-state index in [1.54, 1.807) is 0 Å². The first-order chi connectivity index (χ1) is 5.59. The molecular weight excluding hydrogens is 196 g/mol. The van der Waals surface area contributed by atoms with Gasteiger partial charge in [-0.25, -0.2) is 8.78 Å². The van der Waals surface area contributed by atoms with Gasteiger partial charge < -0.3 is 0 Å². The molecule has 80 valence electrons. The number of likely N-dealkylation sites (tertiary alicyclic amines) is 1. The van der Waals surface area contributed by atoms with Crippen molar-refractivity contribution in [3.05, 3.63) is 0 Å². The molecule has 2 atom stereocenters. The standard InChI is InChI=1S/C9H17F2N.ClH/c1-7-3-4-8(2)12(5-7)6-9(10)11;/h7-9H,3-6H2,1-2H3;1H. The lowest BCUT2D eigenvalue weighted by Gasteiger charge is -2.36. The molecule has 0 amide bonds. The maximum atomic E-state index is 12.1. The molecule has 0 spiro atoms. The molecule has 0 aromatic heterocycles. The molecular formula is C9H18ClF2N. The van der Waals surface area contributed by atoms with Gasteiger partial charge in [0.15, 0.2) is 0 Å². The van der Waals surface area contributed by atoms with Crippen LogP contribution >= 0.6 is 12.4 Å². The van der Waals surface area contributed by atoms with Crippen LogP contribution in [-0.2, 0) is 0 Å². The van der Waals surface area contributed by atoms with Gasteiger partial charge in [0.05, 0.1) is 6.54 Å². The fraction of sp³-hybridized carbons (Fsp3) is 1.00. The summed E-state index contributed by atoms with van der Waals surface area (Å²) < 4.78 is 24.2. The zero-order chi connectivity index (χ0) is 9.14. The van der Waals surface area contributed by atoms with E-state index < -0.39 is 6.43 Å². The zero-order valence-electron chi connectivity index (χ0n) is 8.17. The van der Waals surface area contributed by atoms with Gasteiger partial charge in [-0.2, -0.15) is 0 Å². The van der Waals surface area contributed by atoms with E-state index in [1.807, 2.05) is 11.8 Å². The second kappa shape index (κ2) is 5.76. The van der Waals surface area contributed by atoms with Crippen LogP contribution < -0.4 is 0 Å². The summed E-state index contributed by atoms with van der Waals surface area (Å²) in [6.07, 6.45) is 0.0622. The lowest BCUT2D eigenvalue weighted by Crippen LogP contribution is -2.43. The number of halogens is 3. The summed E-state index contributed by atoms with van der Waals surface area (Å²) in [6, 6.07) is 0.343. The minimum Gasteiger partial charge on any atom is -0.295 e. The monoisotopic (exact) mass is 213 g/mol. The van der Waals surface area contributed by atoms with Crippen LogP contribution in [0.1, 0.15) is 26.7 Å². The van der Waals surface area contributed by atoms with Gasteiger partial charge in [0.2, 0.25) is 0 Å². The maximum Gasteiger partial charge on any atom is 0.251 e. The van der Waals surface area contributed by atoms with Crippen LogP contribution in [0, 0.1) is 5.92 Å². The van der Waals surface area contributed by atoms with Crippen molar-refractivity contribution in [3.63, 3.8) is 0 Å². The molecule has 0 saturated carbocycles. The molecule has 1 fully saturated rings. The molecule has 0 aliphatic carbocycles. The highest BCUT2D eigenvalue weighted by Crippen LogP contribution is 2.21. The van der Waals surface area contributed by atoms with Crippen LogP contribution in [0.15, 0.2) is 0 Å². The molecule has 1 aliphatic heterocycles. The molecule has 4 heteroatoms. The number of alkyl halides is 2. The number of nitrogens with zero attached hydrogens (tertiary/aromatic N) is 1. The van der Waals surface area contributed by atoms with Crippen molar-refractivity contribution < 1.29 is 8.78 Å². The lowest BCUT2D eigenvalue weighted by atomic mass is 9.95. The fourth-order valence-electron chi connectivity index (χ4n) is 1.81. The third kappa shape index (κ3) is 4.23. The van der Waals surface area contributed by atoms with Crippen molar-refractivity contribution in [2.24, 2.45) is 5.92 Å². The Morgan fingerprint density at radius 2 is 1.92 bits per heavy atom. The van der Waals surface area contributed by atoms with E-state index in [9.17, 15) is 8.78 Å². The van der Waals surface area contributed by atoms with Gasteiger partial charge in [0.1, 0.15) is 0 Å². The Bertz CT molecular complexity index is 142. The van der Waals surface area contributed by atoms with Crippen molar-refractivity contribution in [2.45, 2.75) is 39.2 Å². The summed E-state index contributed by atoms with van der Waals surface area (Å²) in [5.41, 5.74) is 0. The molecule has 1 heterocycles. The summed E-state index contributed by atoms with van der Waals surface area (Å²) in [4.78, 5) is 1.90. The predicted molar refractivity (Wildman–Crippen MR) is 52.7 cm³/mol. The predicted octanol–water partition coefficient (Wildman–Crippen LogP) is 2.79. The lowest BCUT2D eigenvalue weighted by molar-refractivity contribution is 0.0408. The molecule has 0 aromatic rings. The van der Waals surface area contributed by atoms with Crippen molar-refractivity contribution in [2.75, 3.05) is 13.1 Å². The first-order valence-corrected chi connectivity index (χ1v) is 4.61. The highest BCUT2D eigenvalue weighted by molar-refractivity contribution is 5.85. The Labute approximate surface area is 84.9 Å². The van der Waals surface area contributed by atoms with Gasteiger partial charge in [0, 0.05) is 12.6 Å². The van der Waals surface area contributed by atoms with Crippen molar-refractivity contribution in [3.8, 4) is 0 Å². The molecule has 0 bridgehead atoms. The van der Waals surface area contributed by atoms with E-state index in [0.717, 1.165) is 13.0 Å². The first kappa shape index (κ1) is 13.1.